The lowest BCUT2D eigenvalue weighted by molar-refractivity contribution is -0.124. The minimum absolute atomic E-state index is 0.185. The predicted octanol–water partition coefficient (Wildman–Crippen LogP) is 2.94. The molecule has 2 heterocycles. The van der Waals surface area contributed by atoms with Crippen LogP contribution in [0.3, 0.4) is 0 Å². The number of nitrogens with zero attached hydrogens (tertiary/aromatic N) is 3. The summed E-state index contributed by atoms with van der Waals surface area (Å²) in [6.07, 6.45) is 0. The Morgan fingerprint density at radius 2 is 2.00 bits per heavy atom. The third-order valence-electron chi connectivity index (χ3n) is 4.97. The minimum atomic E-state index is -0.657. The molecule has 0 radical (unpaired) electrons. The lowest BCUT2D eigenvalue weighted by atomic mass is 10.2. The van der Waals surface area contributed by atoms with Gasteiger partial charge in [-0.25, -0.2) is 4.68 Å². The quantitative estimate of drug-likeness (QED) is 0.678. The van der Waals surface area contributed by atoms with Crippen molar-refractivity contribution in [3.05, 3.63) is 40.3 Å². The molecular weight excluding hydrogens is 360 g/mol. The Morgan fingerprint density at radius 1 is 1.30 bits per heavy atom. The number of rotatable bonds is 7. The molecule has 0 aliphatic rings. The van der Waals surface area contributed by atoms with Crippen molar-refractivity contribution in [1.82, 2.24) is 20.0 Å². The molecule has 27 heavy (non-hydrogen) atoms. The smallest absolute Gasteiger partial charge is 0.276 e. The summed E-state index contributed by atoms with van der Waals surface area (Å²) in [5, 5.41) is 8.95. The van der Waals surface area contributed by atoms with Crippen molar-refractivity contribution in [2.24, 2.45) is 0 Å². The van der Waals surface area contributed by atoms with Gasteiger partial charge in [-0.05, 0) is 33.0 Å². The van der Waals surface area contributed by atoms with Crippen LogP contribution in [0.4, 0.5) is 0 Å². The number of aromatic nitrogens is 2. The maximum atomic E-state index is 13.1. The summed E-state index contributed by atoms with van der Waals surface area (Å²) in [5.41, 5.74) is 0.563. The average molecular weight is 387 g/mol. The Bertz CT molecular complexity index is 1020. The standard InChI is InChI=1S/C20H26N4O2S/c1-5-23(6-2)12-11-21-19(25)14(4)24-20(26)17-15-9-7-8-10-16(15)27-18(17)13(3)22-24/h7-10,14H,5-6,11-12H2,1-4H3,(H,21,25). The Kier molecular flexibility index (Phi) is 5.92. The molecule has 0 aliphatic heterocycles. The van der Waals surface area contributed by atoms with Crippen LogP contribution in [0.25, 0.3) is 20.2 Å². The molecule has 3 rings (SSSR count). The molecule has 0 saturated carbocycles. The maximum Gasteiger partial charge on any atom is 0.276 e. The summed E-state index contributed by atoms with van der Waals surface area (Å²) >= 11 is 1.57. The highest BCUT2D eigenvalue weighted by Gasteiger charge is 2.21. The van der Waals surface area contributed by atoms with Gasteiger partial charge >= 0.3 is 0 Å². The fourth-order valence-electron chi connectivity index (χ4n) is 3.28. The van der Waals surface area contributed by atoms with E-state index in [4.69, 9.17) is 0 Å². The van der Waals surface area contributed by atoms with Gasteiger partial charge in [-0.1, -0.05) is 32.0 Å². The Hall–Kier alpha value is -2.25. The van der Waals surface area contributed by atoms with Gasteiger partial charge < -0.3 is 10.2 Å². The summed E-state index contributed by atoms with van der Waals surface area (Å²) < 4.78 is 3.28. The molecule has 2 aromatic heterocycles. The molecule has 1 aromatic carbocycles. The summed E-state index contributed by atoms with van der Waals surface area (Å²) in [6, 6.07) is 7.19. The fourth-order valence-corrected chi connectivity index (χ4v) is 4.41. The van der Waals surface area contributed by atoms with Crippen LogP contribution < -0.4 is 10.9 Å². The van der Waals surface area contributed by atoms with E-state index in [1.165, 1.54) is 4.68 Å². The molecule has 6 nitrogen and oxygen atoms in total. The van der Waals surface area contributed by atoms with Gasteiger partial charge in [0.05, 0.1) is 15.8 Å². The van der Waals surface area contributed by atoms with Crippen molar-refractivity contribution >= 4 is 37.4 Å². The molecule has 0 saturated heterocycles. The fraction of sp³-hybridized carbons (Fsp3) is 0.450. The first-order valence-corrected chi connectivity index (χ1v) is 10.2. The third-order valence-corrected chi connectivity index (χ3v) is 6.25. The zero-order valence-electron chi connectivity index (χ0n) is 16.3. The van der Waals surface area contributed by atoms with Crippen LogP contribution in [0.1, 0.15) is 32.5 Å². The molecule has 0 bridgehead atoms. The number of likely N-dealkylation sites (N-methyl/N-ethyl adjacent to an activating group) is 1. The topological polar surface area (TPSA) is 67.2 Å². The number of amides is 1. The first-order valence-electron chi connectivity index (χ1n) is 9.38. The minimum Gasteiger partial charge on any atom is -0.353 e. The van der Waals surface area contributed by atoms with E-state index in [-0.39, 0.29) is 11.5 Å². The Balaban J connectivity index is 1.90. The normalized spacial score (nSPS) is 12.8. The number of hydrogen-bond donors (Lipinski definition) is 1. The molecule has 1 unspecified atom stereocenters. The second kappa shape index (κ2) is 8.19. The predicted molar refractivity (Wildman–Crippen MR) is 112 cm³/mol. The molecule has 7 heteroatoms. The van der Waals surface area contributed by atoms with Gasteiger partial charge in [0.25, 0.3) is 5.56 Å². The zero-order chi connectivity index (χ0) is 19.6. The number of aryl methyl sites for hydroxylation is 1. The van der Waals surface area contributed by atoms with Crippen molar-refractivity contribution in [3.8, 4) is 0 Å². The monoisotopic (exact) mass is 386 g/mol. The van der Waals surface area contributed by atoms with Crippen molar-refractivity contribution < 1.29 is 4.79 Å². The van der Waals surface area contributed by atoms with E-state index >= 15 is 0 Å². The van der Waals surface area contributed by atoms with Crippen molar-refractivity contribution in [1.29, 1.82) is 0 Å². The number of carbonyl (C=O) groups excluding carboxylic acids is 1. The molecular formula is C20H26N4O2S. The highest BCUT2D eigenvalue weighted by Crippen LogP contribution is 2.32. The summed E-state index contributed by atoms with van der Waals surface area (Å²) in [5.74, 6) is -0.185. The lowest BCUT2D eigenvalue weighted by Gasteiger charge is -2.19. The number of fused-ring (bicyclic) bond motifs is 3. The van der Waals surface area contributed by atoms with Crippen molar-refractivity contribution in [3.63, 3.8) is 0 Å². The van der Waals surface area contributed by atoms with E-state index in [1.807, 2.05) is 31.2 Å². The largest absolute Gasteiger partial charge is 0.353 e. The Morgan fingerprint density at radius 3 is 2.70 bits per heavy atom. The van der Waals surface area contributed by atoms with Gasteiger partial charge in [-0.2, -0.15) is 5.10 Å². The van der Waals surface area contributed by atoms with Gasteiger partial charge in [-0.15, -0.1) is 11.3 Å². The van der Waals surface area contributed by atoms with Gasteiger partial charge in [0.1, 0.15) is 6.04 Å². The molecule has 0 aliphatic carbocycles. The third kappa shape index (κ3) is 3.75. The first-order chi connectivity index (χ1) is 13.0. The molecule has 0 spiro atoms. The molecule has 3 aromatic rings. The van der Waals surface area contributed by atoms with Crippen molar-refractivity contribution in [2.75, 3.05) is 26.2 Å². The van der Waals surface area contributed by atoms with Gasteiger partial charge in [0, 0.05) is 23.2 Å². The van der Waals surface area contributed by atoms with Crippen LogP contribution in [0, 0.1) is 6.92 Å². The highest BCUT2D eigenvalue weighted by molar-refractivity contribution is 7.26. The van der Waals surface area contributed by atoms with Crippen LogP contribution in [0.2, 0.25) is 0 Å². The van der Waals surface area contributed by atoms with Crippen LogP contribution in [-0.4, -0.2) is 46.8 Å². The molecule has 1 amide bonds. The van der Waals surface area contributed by atoms with Crippen LogP contribution in [0.15, 0.2) is 29.1 Å². The van der Waals surface area contributed by atoms with Gasteiger partial charge in [0.2, 0.25) is 5.91 Å². The van der Waals surface area contributed by atoms with Crippen LogP contribution in [0.5, 0.6) is 0 Å². The number of thiophene rings is 1. The number of benzene rings is 1. The maximum absolute atomic E-state index is 13.1. The summed E-state index contributed by atoms with van der Waals surface area (Å²) in [4.78, 5) is 27.9. The number of nitrogens with one attached hydrogen (secondary N) is 1. The number of carbonyl (C=O) groups is 1. The van der Waals surface area contributed by atoms with E-state index in [1.54, 1.807) is 18.3 Å². The second-order valence-electron chi connectivity index (χ2n) is 6.63. The lowest BCUT2D eigenvalue weighted by Crippen LogP contribution is -2.40. The van der Waals surface area contributed by atoms with E-state index < -0.39 is 6.04 Å². The van der Waals surface area contributed by atoms with E-state index in [2.05, 4.69) is 29.2 Å². The summed E-state index contributed by atoms with van der Waals surface area (Å²) in [6.45, 7) is 11.1. The first kappa shape index (κ1) is 19.5. The van der Waals surface area contributed by atoms with E-state index in [0.29, 0.717) is 11.9 Å². The second-order valence-corrected chi connectivity index (χ2v) is 7.68. The van der Waals surface area contributed by atoms with Gasteiger partial charge in [0.15, 0.2) is 0 Å². The highest BCUT2D eigenvalue weighted by atomic mass is 32.1. The van der Waals surface area contributed by atoms with Crippen LogP contribution >= 0.6 is 11.3 Å². The molecule has 0 fully saturated rings. The summed E-state index contributed by atoms with van der Waals surface area (Å²) in [7, 11) is 0. The Labute approximate surface area is 162 Å². The number of hydrogen-bond acceptors (Lipinski definition) is 5. The van der Waals surface area contributed by atoms with Crippen molar-refractivity contribution in [2.45, 2.75) is 33.7 Å². The molecule has 144 valence electrons. The SMILES string of the molecule is CCN(CC)CCNC(=O)C(C)n1nc(C)c2sc3ccccc3c2c1=O. The average Bonchev–Trinajstić information content (AvgIpc) is 3.08. The van der Waals surface area contributed by atoms with Crippen LogP contribution in [-0.2, 0) is 4.79 Å². The van der Waals surface area contributed by atoms with E-state index in [0.717, 1.165) is 40.1 Å². The van der Waals surface area contributed by atoms with E-state index in [9.17, 15) is 9.59 Å². The molecule has 1 atom stereocenters. The zero-order valence-corrected chi connectivity index (χ0v) is 17.1. The van der Waals surface area contributed by atoms with Gasteiger partial charge in [-0.3, -0.25) is 9.59 Å². The molecule has 1 N–H and O–H groups in total.